The Labute approximate surface area is 110 Å². The molecule has 94 valence electrons. The summed E-state index contributed by atoms with van der Waals surface area (Å²) in [4.78, 5) is 16.2. The maximum atomic E-state index is 12.0. The number of hydrogen-bond acceptors (Lipinski definition) is 3. The molecule has 1 N–H and O–H groups in total. The van der Waals surface area contributed by atoms with Crippen molar-refractivity contribution in [1.82, 2.24) is 4.98 Å². The molecule has 2 aromatic carbocycles. The normalized spacial score (nSPS) is 10.6. The predicted octanol–water partition coefficient (Wildman–Crippen LogP) is 3.39. The molecule has 0 atom stereocenters. The van der Waals surface area contributed by atoms with E-state index < -0.39 is 0 Å². The zero-order valence-corrected chi connectivity index (χ0v) is 10.4. The van der Waals surface area contributed by atoms with Gasteiger partial charge in [0, 0.05) is 24.2 Å². The molecule has 0 radical (unpaired) electrons. The number of amides is 1. The number of oxazole rings is 1. The number of nitrogens with zero attached hydrogens (tertiary/aromatic N) is 1. The van der Waals surface area contributed by atoms with E-state index in [1.807, 2.05) is 30.3 Å². The fourth-order valence-electron chi connectivity index (χ4n) is 1.91. The molecule has 0 unspecified atom stereocenters. The fourth-order valence-corrected chi connectivity index (χ4v) is 1.91. The first kappa shape index (κ1) is 11.5. The Morgan fingerprint density at radius 3 is 2.74 bits per heavy atom. The van der Waals surface area contributed by atoms with Crippen LogP contribution in [0.5, 0.6) is 0 Å². The van der Waals surface area contributed by atoms with E-state index >= 15 is 0 Å². The maximum absolute atomic E-state index is 12.0. The van der Waals surface area contributed by atoms with Gasteiger partial charge >= 0.3 is 0 Å². The molecular weight excluding hydrogens is 240 g/mol. The summed E-state index contributed by atoms with van der Waals surface area (Å²) < 4.78 is 5.43. The van der Waals surface area contributed by atoms with Gasteiger partial charge in [0.25, 0.3) is 5.91 Å². The second-order valence-electron chi connectivity index (χ2n) is 4.24. The molecule has 1 heterocycles. The number of anilines is 1. The number of nitrogens with one attached hydrogen (secondary N) is 1. The first-order valence-electron chi connectivity index (χ1n) is 5.96. The number of carbonyl (C=O) groups is 1. The average Bonchev–Trinajstić information content (AvgIpc) is 2.79. The summed E-state index contributed by atoms with van der Waals surface area (Å²) in [5.41, 5.74) is 2.77. The molecule has 0 bridgehead atoms. The number of aromatic nitrogens is 1. The van der Waals surface area contributed by atoms with Crippen molar-refractivity contribution in [3.8, 4) is 0 Å². The summed E-state index contributed by atoms with van der Waals surface area (Å²) >= 11 is 0. The van der Waals surface area contributed by atoms with E-state index in [1.165, 1.54) is 0 Å². The quantitative estimate of drug-likeness (QED) is 0.760. The van der Waals surface area contributed by atoms with E-state index in [4.69, 9.17) is 4.42 Å². The van der Waals surface area contributed by atoms with Gasteiger partial charge in [-0.25, -0.2) is 4.98 Å². The highest BCUT2D eigenvalue weighted by molar-refractivity contribution is 6.04. The van der Waals surface area contributed by atoms with E-state index in [1.54, 1.807) is 25.1 Å². The minimum atomic E-state index is -0.142. The topological polar surface area (TPSA) is 55.1 Å². The first-order valence-corrected chi connectivity index (χ1v) is 5.96. The van der Waals surface area contributed by atoms with Crippen LogP contribution in [-0.2, 0) is 0 Å². The van der Waals surface area contributed by atoms with Crippen molar-refractivity contribution in [3.05, 3.63) is 60.0 Å². The molecule has 0 saturated carbocycles. The molecule has 0 spiro atoms. The van der Waals surface area contributed by atoms with E-state index in [-0.39, 0.29) is 5.91 Å². The Morgan fingerprint density at radius 2 is 1.95 bits per heavy atom. The highest BCUT2D eigenvalue weighted by Crippen LogP contribution is 2.20. The Bertz CT molecular complexity index is 732. The molecule has 4 heteroatoms. The van der Waals surface area contributed by atoms with Crippen molar-refractivity contribution in [2.24, 2.45) is 0 Å². The van der Waals surface area contributed by atoms with Crippen molar-refractivity contribution in [2.75, 3.05) is 5.32 Å². The van der Waals surface area contributed by atoms with Crippen LogP contribution >= 0.6 is 0 Å². The van der Waals surface area contributed by atoms with Crippen LogP contribution in [0.15, 0.2) is 52.9 Å². The number of fused-ring (bicyclic) bond motifs is 1. The third kappa shape index (κ3) is 2.33. The lowest BCUT2D eigenvalue weighted by molar-refractivity contribution is 0.102. The van der Waals surface area contributed by atoms with Crippen LogP contribution in [0.1, 0.15) is 16.2 Å². The zero-order chi connectivity index (χ0) is 13.2. The van der Waals surface area contributed by atoms with E-state index in [0.717, 1.165) is 5.52 Å². The van der Waals surface area contributed by atoms with Crippen LogP contribution < -0.4 is 5.32 Å². The average molecular weight is 252 g/mol. The first-order chi connectivity index (χ1) is 9.22. The van der Waals surface area contributed by atoms with Crippen molar-refractivity contribution < 1.29 is 9.21 Å². The highest BCUT2D eigenvalue weighted by Gasteiger charge is 2.07. The monoisotopic (exact) mass is 252 g/mol. The summed E-state index contributed by atoms with van der Waals surface area (Å²) in [7, 11) is 0. The minimum absolute atomic E-state index is 0.142. The molecule has 19 heavy (non-hydrogen) atoms. The summed E-state index contributed by atoms with van der Waals surface area (Å²) in [5.74, 6) is 0.470. The lowest BCUT2D eigenvalue weighted by Gasteiger charge is -2.04. The molecule has 0 aliphatic carbocycles. The molecule has 0 aliphatic heterocycles. The molecule has 3 aromatic rings. The van der Waals surface area contributed by atoms with Crippen LogP contribution in [0.3, 0.4) is 0 Å². The molecule has 1 amide bonds. The van der Waals surface area contributed by atoms with Crippen LogP contribution in [0.2, 0.25) is 0 Å². The molecule has 1 aromatic heterocycles. The van der Waals surface area contributed by atoms with Gasteiger partial charge in [-0.2, -0.15) is 0 Å². The molecule has 4 nitrogen and oxygen atoms in total. The third-order valence-corrected chi connectivity index (χ3v) is 2.79. The van der Waals surface area contributed by atoms with Crippen molar-refractivity contribution in [1.29, 1.82) is 0 Å². The minimum Gasteiger partial charge on any atom is -0.441 e. The smallest absolute Gasteiger partial charge is 0.255 e. The SMILES string of the molecule is Cc1nc2ccc(NC(=O)c3ccccc3)cc2o1. The van der Waals surface area contributed by atoms with Gasteiger partial charge in [0.2, 0.25) is 0 Å². The number of benzene rings is 2. The van der Waals surface area contributed by atoms with Crippen LogP contribution in [0.4, 0.5) is 5.69 Å². The van der Waals surface area contributed by atoms with Gasteiger partial charge in [-0.15, -0.1) is 0 Å². The standard InChI is InChI=1S/C15H12N2O2/c1-10-16-13-8-7-12(9-14(13)19-10)17-15(18)11-5-3-2-4-6-11/h2-9H,1H3,(H,17,18). The van der Waals surface area contributed by atoms with Gasteiger partial charge in [-0.05, 0) is 24.3 Å². The van der Waals surface area contributed by atoms with Gasteiger partial charge < -0.3 is 9.73 Å². The van der Waals surface area contributed by atoms with Crippen LogP contribution in [0, 0.1) is 6.92 Å². The molecule has 0 fully saturated rings. The second-order valence-corrected chi connectivity index (χ2v) is 4.24. The molecule has 3 rings (SSSR count). The Balaban J connectivity index is 1.87. The van der Waals surface area contributed by atoms with E-state index in [9.17, 15) is 4.79 Å². The van der Waals surface area contributed by atoms with Gasteiger partial charge in [0.1, 0.15) is 5.52 Å². The lowest BCUT2D eigenvalue weighted by Crippen LogP contribution is -2.11. The van der Waals surface area contributed by atoms with Crippen molar-refractivity contribution >= 4 is 22.7 Å². The number of hydrogen-bond donors (Lipinski definition) is 1. The molecule has 0 aliphatic rings. The van der Waals surface area contributed by atoms with Crippen LogP contribution in [-0.4, -0.2) is 10.9 Å². The Kier molecular flexibility index (Phi) is 2.76. The summed E-state index contributed by atoms with van der Waals surface area (Å²) in [6.45, 7) is 1.79. The highest BCUT2D eigenvalue weighted by atomic mass is 16.3. The van der Waals surface area contributed by atoms with E-state index in [0.29, 0.717) is 22.7 Å². The maximum Gasteiger partial charge on any atom is 0.255 e. The third-order valence-electron chi connectivity index (χ3n) is 2.79. The zero-order valence-electron chi connectivity index (χ0n) is 10.4. The second kappa shape index (κ2) is 4.57. The molecular formula is C15H12N2O2. The van der Waals surface area contributed by atoms with E-state index in [2.05, 4.69) is 10.3 Å². The summed E-state index contributed by atoms with van der Waals surface area (Å²) in [6.07, 6.45) is 0. The predicted molar refractivity (Wildman–Crippen MR) is 73.1 cm³/mol. The Morgan fingerprint density at radius 1 is 1.16 bits per heavy atom. The van der Waals surface area contributed by atoms with Gasteiger partial charge in [0.15, 0.2) is 11.5 Å². The Hall–Kier alpha value is -2.62. The largest absolute Gasteiger partial charge is 0.441 e. The summed E-state index contributed by atoms with van der Waals surface area (Å²) in [6, 6.07) is 14.5. The van der Waals surface area contributed by atoms with Gasteiger partial charge in [-0.1, -0.05) is 18.2 Å². The van der Waals surface area contributed by atoms with Crippen molar-refractivity contribution in [3.63, 3.8) is 0 Å². The number of carbonyl (C=O) groups excluding carboxylic acids is 1. The number of aryl methyl sites for hydroxylation is 1. The fraction of sp³-hybridized carbons (Fsp3) is 0.0667. The van der Waals surface area contributed by atoms with Crippen molar-refractivity contribution in [2.45, 2.75) is 6.92 Å². The van der Waals surface area contributed by atoms with Crippen LogP contribution in [0.25, 0.3) is 11.1 Å². The molecule has 0 saturated heterocycles. The number of rotatable bonds is 2. The lowest BCUT2D eigenvalue weighted by atomic mass is 10.2. The van der Waals surface area contributed by atoms with Gasteiger partial charge in [0.05, 0.1) is 0 Å². The van der Waals surface area contributed by atoms with Gasteiger partial charge in [-0.3, -0.25) is 4.79 Å². The summed E-state index contributed by atoms with van der Waals surface area (Å²) in [5, 5.41) is 2.83.